The second-order valence-corrected chi connectivity index (χ2v) is 31.5. The summed E-state index contributed by atoms with van der Waals surface area (Å²) < 4.78 is 12.6. The van der Waals surface area contributed by atoms with Crippen molar-refractivity contribution in [3.63, 3.8) is 0 Å². The second-order valence-electron chi connectivity index (χ2n) is 31.5. The molecule has 1 amide bonds. The molecule has 87 heavy (non-hydrogen) atoms. The van der Waals surface area contributed by atoms with Crippen molar-refractivity contribution in [1.82, 2.24) is 39.9 Å². The van der Waals surface area contributed by atoms with Gasteiger partial charge in [-0.1, -0.05) is 82.7 Å². The van der Waals surface area contributed by atoms with E-state index in [0.717, 1.165) is 140 Å². The number of nitrogens with one attached hydrogen (secondary N) is 1. The van der Waals surface area contributed by atoms with Crippen LogP contribution in [0.15, 0.2) is 48.8 Å². The second kappa shape index (κ2) is 24.3. The molecule has 8 saturated carbocycles. The van der Waals surface area contributed by atoms with Gasteiger partial charge in [-0.3, -0.25) is 19.1 Å². The average molecular weight is 1190 g/mol. The van der Waals surface area contributed by atoms with Gasteiger partial charge < -0.3 is 25.5 Å². The van der Waals surface area contributed by atoms with Crippen LogP contribution in [0.2, 0.25) is 0 Å². The zero-order chi connectivity index (χ0) is 60.6. The number of esters is 1. The predicted octanol–water partition coefficient (Wildman–Crippen LogP) is 14.9. The predicted molar refractivity (Wildman–Crippen MR) is 343 cm³/mol. The van der Waals surface area contributed by atoms with Crippen LogP contribution in [0.1, 0.15) is 202 Å². The Bertz CT molecular complexity index is 3310. The lowest BCUT2D eigenvalue weighted by atomic mass is 9.44. The quantitative estimate of drug-likeness (QED) is 0.0500. The maximum atomic E-state index is 13.7. The van der Waals surface area contributed by atoms with E-state index in [1.165, 1.54) is 113 Å². The summed E-state index contributed by atoms with van der Waals surface area (Å²) in [5.41, 5.74) is 13.5. The number of carboxylic acid groups (broad SMARTS) is 1. The molecule has 3 heterocycles. The zero-order valence-corrected chi connectivity index (χ0v) is 54.0. The van der Waals surface area contributed by atoms with Crippen LogP contribution in [0.5, 0.6) is 0 Å². The number of hydrogen-bond donors (Lipinski definition) is 3. The maximum Gasteiger partial charge on any atom is 0.328 e. The van der Waals surface area contributed by atoms with Crippen molar-refractivity contribution in [2.45, 2.75) is 228 Å². The number of aryl methyl sites for hydroxylation is 1. The Kier molecular flexibility index (Phi) is 16.9. The third kappa shape index (κ3) is 11.1. The van der Waals surface area contributed by atoms with E-state index >= 15 is 0 Å². The summed E-state index contributed by atoms with van der Waals surface area (Å²) >= 11 is 0. The Hall–Kier alpha value is -5.11. The molecular formula is C73H105N9O5. The first-order chi connectivity index (χ1) is 41.9. The number of nitrogens with zero attached hydrogens (tertiary/aromatic N) is 7. The van der Waals surface area contributed by atoms with Crippen LogP contribution < -0.4 is 11.1 Å². The fraction of sp³-hybridized carbons (Fsp3) is 0.740. The number of benzene rings is 2. The minimum Gasteiger partial charge on any atom is -0.481 e. The van der Waals surface area contributed by atoms with E-state index in [1.54, 1.807) is 11.7 Å². The highest BCUT2D eigenvalue weighted by atomic mass is 16.5. The van der Waals surface area contributed by atoms with Crippen LogP contribution in [-0.4, -0.2) is 77.2 Å². The smallest absolute Gasteiger partial charge is 0.328 e. The van der Waals surface area contributed by atoms with Crippen LogP contribution in [0.25, 0.3) is 44.3 Å². The molecule has 4 N–H and O–H groups in total. The van der Waals surface area contributed by atoms with Crippen LogP contribution in [0.4, 0.5) is 0 Å². The van der Waals surface area contributed by atoms with Gasteiger partial charge in [-0.15, -0.1) is 10.2 Å². The third-order valence-electron chi connectivity index (χ3n) is 27.5. The lowest BCUT2D eigenvalue weighted by Crippen LogP contribution is -2.54. The molecule has 14 heteroatoms. The number of carbonyl (C=O) groups is 3. The van der Waals surface area contributed by atoms with E-state index < -0.39 is 5.97 Å². The van der Waals surface area contributed by atoms with Crippen molar-refractivity contribution < 1.29 is 24.2 Å². The van der Waals surface area contributed by atoms with E-state index in [0.29, 0.717) is 58.8 Å². The summed E-state index contributed by atoms with van der Waals surface area (Å²) in [4.78, 5) is 37.3. The monoisotopic (exact) mass is 1190 g/mol. The molecule has 14 unspecified atom stereocenters. The number of unbranched alkanes of at least 4 members (excludes halogenated alkanes) is 2. The van der Waals surface area contributed by atoms with Crippen LogP contribution >= 0.6 is 0 Å². The fourth-order valence-corrected chi connectivity index (χ4v) is 22.9. The van der Waals surface area contributed by atoms with Gasteiger partial charge in [0.1, 0.15) is 24.0 Å². The fourth-order valence-electron chi connectivity index (χ4n) is 22.9. The Labute approximate surface area is 518 Å². The van der Waals surface area contributed by atoms with Crippen molar-refractivity contribution in [2.24, 2.45) is 104 Å². The number of aliphatic carboxylic acids is 1. The first-order valence-electron chi connectivity index (χ1n) is 35.1. The summed E-state index contributed by atoms with van der Waals surface area (Å²) in [5.74, 6) is 8.39. The van der Waals surface area contributed by atoms with Crippen LogP contribution in [-0.2, 0) is 38.8 Å². The summed E-state index contributed by atoms with van der Waals surface area (Å²) in [6.45, 7) is 17.7. The van der Waals surface area contributed by atoms with Crippen molar-refractivity contribution >= 4 is 39.7 Å². The summed E-state index contributed by atoms with van der Waals surface area (Å²) in [5, 5.41) is 33.4. The standard InChI is InChI=1S/C73H105N9O5/c1-45(11-25-67(83)75-7)57-21-23-59-55-19-15-50-37-47(27-31-70(50,3)61(55)29-33-72(57,59)5)41-80-42-63(76-78-80)48-13-17-53-54-18-14-49(39-66(54)82(65(53)38-48)36-10-8-9-35-74)64-43-81(79-77-64)44-69(86)87-52-28-32-71(4)51(40-52)16-20-56-60-24-22-58(46(2)12-26-68(84)85)73(60,6)34-30-62(56)71/h13-14,17-18,38-39,42-43,45-47,50-52,55-62H,8-12,15-16,19-37,40-41,44,74H2,1-7H3,(H,75,83)(H,84,85)/t45-,46-,47?,50?,51-,52-,55?,56?,57?,58?,59?,60?,61?,62?,70?,71?,72?,73?/m1/s1. The normalized spacial score (nSPS) is 36.0. The first-order valence-corrected chi connectivity index (χ1v) is 35.1. The van der Waals surface area contributed by atoms with Crippen molar-refractivity contribution in [3.05, 3.63) is 48.8 Å². The molecule has 8 fully saturated rings. The topological polar surface area (TPSA) is 185 Å². The Morgan fingerprint density at radius 2 is 1.18 bits per heavy atom. The average Bonchev–Trinajstić information content (AvgIpc) is 1.74. The largest absolute Gasteiger partial charge is 0.481 e. The molecule has 0 bridgehead atoms. The molecule has 472 valence electrons. The van der Waals surface area contributed by atoms with Crippen molar-refractivity contribution in [2.75, 3.05) is 13.6 Å². The van der Waals surface area contributed by atoms with Gasteiger partial charge in [-0.05, 0) is 259 Å². The van der Waals surface area contributed by atoms with Gasteiger partial charge >= 0.3 is 11.9 Å². The minimum absolute atomic E-state index is 0.0338. The molecular weight excluding hydrogens is 1080 g/mol. The molecule has 13 rings (SSSR count). The molecule has 14 nitrogen and oxygen atoms in total. The van der Waals surface area contributed by atoms with Gasteiger partial charge in [0, 0.05) is 65.9 Å². The SMILES string of the molecule is CNC(=O)CC[C@@H](C)C1CCC2C3CCC4CC(Cn5cc(-c6ccc7c8ccc(-c9cn(CC(=O)O[C@@H]%10CCC%11(C)C%12CCC%13(C)C(CCC%13[C@H](C)CCC(=O)O)C%12CC[C@@H]%11C%10)nn9)cc8n(CCCCCN)c7c6)nn5)CCC4(C)C3CCC21C. The lowest BCUT2D eigenvalue weighted by molar-refractivity contribution is -0.163. The summed E-state index contributed by atoms with van der Waals surface area (Å²) in [7, 11) is 1.77. The highest BCUT2D eigenvalue weighted by molar-refractivity contribution is 6.10. The third-order valence-corrected chi connectivity index (χ3v) is 27.5. The number of nitrogens with two attached hydrogens (primary N) is 1. The lowest BCUT2D eigenvalue weighted by Gasteiger charge is -2.61. The molecule has 0 spiro atoms. The van der Waals surface area contributed by atoms with Gasteiger partial charge in [-0.2, -0.15) is 0 Å². The number of hydrogen-bond acceptors (Lipinski definition) is 9. The van der Waals surface area contributed by atoms with E-state index in [-0.39, 0.29) is 36.4 Å². The highest BCUT2D eigenvalue weighted by Gasteiger charge is 2.62. The minimum atomic E-state index is -0.670. The Morgan fingerprint density at radius 3 is 1.77 bits per heavy atom. The molecule has 8 aliphatic rings. The number of fused-ring (bicyclic) bond motifs is 13. The Balaban J connectivity index is 0.637. The number of rotatable bonds is 20. The summed E-state index contributed by atoms with van der Waals surface area (Å²) in [6.07, 6.45) is 32.5. The number of carbonyl (C=O) groups excluding carboxylic acids is 2. The van der Waals surface area contributed by atoms with Crippen LogP contribution in [0.3, 0.4) is 0 Å². The van der Waals surface area contributed by atoms with E-state index in [4.69, 9.17) is 20.8 Å². The van der Waals surface area contributed by atoms with Crippen LogP contribution in [0, 0.1) is 98.6 Å². The van der Waals surface area contributed by atoms with Gasteiger partial charge in [0.15, 0.2) is 0 Å². The van der Waals surface area contributed by atoms with Crippen molar-refractivity contribution in [3.8, 4) is 22.5 Å². The Morgan fingerprint density at radius 1 is 0.644 bits per heavy atom. The molecule has 0 aliphatic heterocycles. The number of amides is 1. The van der Waals surface area contributed by atoms with Crippen molar-refractivity contribution in [1.29, 1.82) is 0 Å². The number of ether oxygens (including phenoxy) is 1. The van der Waals surface area contributed by atoms with E-state index in [1.807, 2.05) is 6.20 Å². The van der Waals surface area contributed by atoms with Gasteiger partial charge in [0.2, 0.25) is 5.91 Å². The molecule has 2 aromatic carbocycles. The molecule has 5 aromatic rings. The first kappa shape index (κ1) is 60.8. The van der Waals surface area contributed by atoms with Gasteiger partial charge in [0.25, 0.3) is 0 Å². The van der Waals surface area contributed by atoms with E-state index in [9.17, 15) is 19.5 Å². The highest BCUT2D eigenvalue weighted by Crippen LogP contribution is 2.70. The number of carboxylic acids is 1. The molecule has 0 radical (unpaired) electrons. The van der Waals surface area contributed by atoms with Gasteiger partial charge in [-0.25, -0.2) is 4.68 Å². The summed E-state index contributed by atoms with van der Waals surface area (Å²) in [6, 6.07) is 13.4. The molecule has 3 aromatic heterocycles. The van der Waals surface area contributed by atoms with E-state index in [2.05, 4.69) is 109 Å². The van der Waals surface area contributed by atoms with Gasteiger partial charge in [0.05, 0.1) is 12.4 Å². The zero-order valence-electron chi connectivity index (χ0n) is 54.0. The molecule has 8 aliphatic carbocycles. The molecule has 0 saturated heterocycles. The molecule has 18 atom stereocenters. The number of aromatic nitrogens is 7. The maximum absolute atomic E-state index is 13.7.